The summed E-state index contributed by atoms with van der Waals surface area (Å²) in [5.41, 5.74) is 8.63. The van der Waals surface area contributed by atoms with Crippen LogP contribution >= 0.6 is 0 Å². The van der Waals surface area contributed by atoms with Crippen molar-refractivity contribution in [2.45, 2.75) is 32.2 Å². The molecule has 74 valence electrons. The molecular formula is C13H17N. The first kappa shape index (κ1) is 10.8. The summed E-state index contributed by atoms with van der Waals surface area (Å²) >= 11 is 0. The Morgan fingerprint density at radius 2 is 2.14 bits per heavy atom. The molecule has 0 saturated carbocycles. The smallest absolute Gasteiger partial charge is 0.0306 e. The van der Waals surface area contributed by atoms with Gasteiger partial charge in [0.15, 0.2) is 0 Å². The molecule has 0 heterocycles. The second-order valence-corrected chi connectivity index (χ2v) is 3.40. The van der Waals surface area contributed by atoms with Crippen LogP contribution in [0.2, 0.25) is 0 Å². The SMILES string of the molecule is C#CCCC(N)c1ccccc1CC. The van der Waals surface area contributed by atoms with E-state index in [-0.39, 0.29) is 6.04 Å². The van der Waals surface area contributed by atoms with Crippen LogP contribution in [0.15, 0.2) is 24.3 Å². The Morgan fingerprint density at radius 3 is 2.79 bits per heavy atom. The molecule has 0 aliphatic heterocycles. The molecule has 14 heavy (non-hydrogen) atoms. The van der Waals surface area contributed by atoms with Gasteiger partial charge >= 0.3 is 0 Å². The Kier molecular flexibility index (Phi) is 4.22. The van der Waals surface area contributed by atoms with Crippen molar-refractivity contribution in [3.8, 4) is 12.3 Å². The Balaban J connectivity index is 2.78. The van der Waals surface area contributed by atoms with Gasteiger partial charge in [-0.2, -0.15) is 0 Å². The van der Waals surface area contributed by atoms with Gasteiger partial charge in [0.2, 0.25) is 0 Å². The van der Waals surface area contributed by atoms with Crippen LogP contribution in [-0.2, 0) is 6.42 Å². The van der Waals surface area contributed by atoms with E-state index in [1.807, 2.05) is 6.07 Å². The highest BCUT2D eigenvalue weighted by Crippen LogP contribution is 2.20. The van der Waals surface area contributed by atoms with Crippen LogP contribution in [0, 0.1) is 12.3 Å². The molecule has 1 unspecified atom stereocenters. The molecule has 0 aromatic heterocycles. The quantitative estimate of drug-likeness (QED) is 0.720. The van der Waals surface area contributed by atoms with Crippen LogP contribution in [0.4, 0.5) is 0 Å². The summed E-state index contributed by atoms with van der Waals surface area (Å²) in [6.45, 7) is 2.15. The zero-order chi connectivity index (χ0) is 10.4. The molecule has 0 aliphatic rings. The summed E-state index contributed by atoms with van der Waals surface area (Å²) in [5, 5.41) is 0. The number of terminal acetylenes is 1. The first-order valence-corrected chi connectivity index (χ1v) is 5.06. The summed E-state index contributed by atoms with van der Waals surface area (Å²) in [5.74, 6) is 2.63. The van der Waals surface area contributed by atoms with Gasteiger partial charge in [-0.3, -0.25) is 0 Å². The van der Waals surface area contributed by atoms with E-state index >= 15 is 0 Å². The zero-order valence-corrected chi connectivity index (χ0v) is 8.66. The predicted molar refractivity (Wildman–Crippen MR) is 60.8 cm³/mol. The maximum Gasteiger partial charge on any atom is 0.0306 e. The summed E-state index contributed by atoms with van der Waals surface area (Å²) in [6, 6.07) is 8.40. The van der Waals surface area contributed by atoms with Gasteiger partial charge in [-0.05, 0) is 24.0 Å². The van der Waals surface area contributed by atoms with Crippen molar-refractivity contribution < 1.29 is 0 Å². The lowest BCUT2D eigenvalue weighted by atomic mass is 9.96. The van der Waals surface area contributed by atoms with E-state index in [0.29, 0.717) is 0 Å². The van der Waals surface area contributed by atoms with E-state index in [0.717, 1.165) is 19.3 Å². The van der Waals surface area contributed by atoms with Crippen molar-refractivity contribution in [1.82, 2.24) is 0 Å². The lowest BCUT2D eigenvalue weighted by molar-refractivity contribution is 0.661. The van der Waals surface area contributed by atoms with E-state index < -0.39 is 0 Å². The molecule has 0 spiro atoms. The van der Waals surface area contributed by atoms with Crippen LogP contribution in [0.25, 0.3) is 0 Å². The molecule has 0 radical (unpaired) electrons. The maximum absolute atomic E-state index is 6.06. The van der Waals surface area contributed by atoms with E-state index in [1.165, 1.54) is 11.1 Å². The van der Waals surface area contributed by atoms with Crippen LogP contribution in [-0.4, -0.2) is 0 Å². The van der Waals surface area contributed by atoms with Gasteiger partial charge in [0, 0.05) is 12.5 Å². The zero-order valence-electron chi connectivity index (χ0n) is 8.66. The van der Waals surface area contributed by atoms with Gasteiger partial charge in [0.05, 0.1) is 0 Å². The Labute approximate surface area is 86.3 Å². The van der Waals surface area contributed by atoms with Crippen molar-refractivity contribution in [3.63, 3.8) is 0 Å². The lowest BCUT2D eigenvalue weighted by Gasteiger charge is -2.14. The highest BCUT2D eigenvalue weighted by Gasteiger charge is 2.08. The minimum Gasteiger partial charge on any atom is -0.324 e. The number of rotatable bonds is 4. The summed E-state index contributed by atoms with van der Waals surface area (Å²) in [4.78, 5) is 0. The third-order valence-electron chi connectivity index (χ3n) is 2.44. The fourth-order valence-corrected chi connectivity index (χ4v) is 1.61. The number of hydrogen-bond donors (Lipinski definition) is 1. The number of nitrogens with two attached hydrogens (primary N) is 1. The molecule has 1 atom stereocenters. The molecule has 1 nitrogen and oxygen atoms in total. The second-order valence-electron chi connectivity index (χ2n) is 3.40. The standard InChI is InChI=1S/C13H17N/c1-3-5-10-13(14)12-9-7-6-8-11(12)4-2/h1,6-9,13H,4-5,10,14H2,2H3. The first-order valence-electron chi connectivity index (χ1n) is 5.06. The molecule has 1 rings (SSSR count). The van der Waals surface area contributed by atoms with Crippen LogP contribution < -0.4 is 5.73 Å². The molecule has 0 fully saturated rings. The number of aryl methyl sites for hydroxylation is 1. The Morgan fingerprint density at radius 1 is 1.43 bits per heavy atom. The van der Waals surface area contributed by atoms with E-state index in [9.17, 15) is 0 Å². The predicted octanol–water partition coefficient (Wildman–Crippen LogP) is 2.66. The molecule has 0 amide bonds. The first-order chi connectivity index (χ1) is 6.79. The van der Waals surface area contributed by atoms with Crippen LogP contribution in [0.5, 0.6) is 0 Å². The Hall–Kier alpha value is -1.26. The normalized spacial score (nSPS) is 12.1. The number of benzene rings is 1. The minimum atomic E-state index is 0.0854. The van der Waals surface area contributed by atoms with Crippen molar-refractivity contribution in [2.24, 2.45) is 5.73 Å². The average molecular weight is 187 g/mol. The van der Waals surface area contributed by atoms with Gasteiger partial charge < -0.3 is 5.73 Å². The van der Waals surface area contributed by atoms with Gasteiger partial charge in [-0.1, -0.05) is 31.2 Å². The largest absolute Gasteiger partial charge is 0.324 e. The van der Waals surface area contributed by atoms with Gasteiger partial charge in [0.1, 0.15) is 0 Å². The highest BCUT2D eigenvalue weighted by molar-refractivity contribution is 5.29. The third kappa shape index (κ3) is 2.61. The van der Waals surface area contributed by atoms with Crippen molar-refractivity contribution in [3.05, 3.63) is 35.4 Å². The van der Waals surface area contributed by atoms with Gasteiger partial charge in [-0.15, -0.1) is 12.3 Å². The fraction of sp³-hybridized carbons (Fsp3) is 0.385. The van der Waals surface area contributed by atoms with Crippen LogP contribution in [0.3, 0.4) is 0 Å². The maximum atomic E-state index is 6.06. The van der Waals surface area contributed by atoms with Crippen molar-refractivity contribution >= 4 is 0 Å². The third-order valence-corrected chi connectivity index (χ3v) is 2.44. The Bertz CT molecular complexity index is 322. The molecule has 0 saturated heterocycles. The lowest BCUT2D eigenvalue weighted by Crippen LogP contribution is -2.12. The molecule has 1 aromatic carbocycles. The van der Waals surface area contributed by atoms with Crippen molar-refractivity contribution in [1.29, 1.82) is 0 Å². The summed E-state index contributed by atoms with van der Waals surface area (Å²) in [6.07, 6.45) is 7.87. The topological polar surface area (TPSA) is 26.0 Å². The molecule has 0 aliphatic carbocycles. The van der Waals surface area contributed by atoms with Crippen molar-refractivity contribution in [2.75, 3.05) is 0 Å². The van der Waals surface area contributed by atoms with Crippen LogP contribution in [0.1, 0.15) is 36.9 Å². The molecule has 0 bridgehead atoms. The van der Waals surface area contributed by atoms with E-state index in [1.54, 1.807) is 0 Å². The molecule has 2 N–H and O–H groups in total. The second kappa shape index (κ2) is 5.47. The summed E-state index contributed by atoms with van der Waals surface area (Å²) in [7, 11) is 0. The molecule has 1 aromatic rings. The minimum absolute atomic E-state index is 0.0854. The van der Waals surface area contributed by atoms with E-state index in [4.69, 9.17) is 12.2 Å². The fourth-order valence-electron chi connectivity index (χ4n) is 1.61. The summed E-state index contributed by atoms with van der Waals surface area (Å²) < 4.78 is 0. The van der Waals surface area contributed by atoms with E-state index in [2.05, 4.69) is 31.0 Å². The highest BCUT2D eigenvalue weighted by atomic mass is 14.6. The monoisotopic (exact) mass is 187 g/mol. The molecular weight excluding hydrogens is 170 g/mol. The average Bonchev–Trinajstić information content (AvgIpc) is 2.25. The number of hydrogen-bond acceptors (Lipinski definition) is 1. The van der Waals surface area contributed by atoms with Gasteiger partial charge in [0.25, 0.3) is 0 Å². The molecule has 1 heteroatoms. The van der Waals surface area contributed by atoms with Gasteiger partial charge in [-0.25, -0.2) is 0 Å².